The van der Waals surface area contributed by atoms with Crippen LogP contribution in [-0.2, 0) is 14.8 Å². The summed E-state index contributed by atoms with van der Waals surface area (Å²) in [6, 6.07) is 16.9. The third-order valence-corrected chi connectivity index (χ3v) is 8.05. The maximum Gasteiger partial charge on any atom is 0.243 e. The van der Waals surface area contributed by atoms with E-state index in [-0.39, 0.29) is 23.8 Å². The molecule has 1 amide bonds. The Morgan fingerprint density at radius 1 is 0.903 bits per heavy atom. The van der Waals surface area contributed by atoms with E-state index in [0.717, 1.165) is 5.56 Å². The molecule has 31 heavy (non-hydrogen) atoms. The van der Waals surface area contributed by atoms with E-state index in [4.69, 9.17) is 0 Å². The first kappa shape index (κ1) is 23.5. The van der Waals surface area contributed by atoms with Crippen LogP contribution in [0.4, 0.5) is 0 Å². The standard InChI is InChI=1S/C25H34N2O3S/c1-18(2)20-10-12-21(13-11-20)24(19(3)4)26-25(28)22-14-16-27(17-15-22)31(29,30)23-8-6-5-7-9-23/h5-13,18-19,22,24H,14-17H2,1-4H3,(H,26,28). The van der Waals surface area contributed by atoms with Crippen molar-refractivity contribution in [3.8, 4) is 0 Å². The minimum Gasteiger partial charge on any atom is -0.349 e. The van der Waals surface area contributed by atoms with Crippen LogP contribution in [0.1, 0.15) is 63.6 Å². The molecule has 0 aromatic heterocycles. The maximum atomic E-state index is 13.0. The lowest BCUT2D eigenvalue weighted by Gasteiger charge is -2.32. The van der Waals surface area contributed by atoms with Gasteiger partial charge in [0.05, 0.1) is 10.9 Å². The number of hydrogen-bond donors (Lipinski definition) is 1. The maximum absolute atomic E-state index is 13.0. The largest absolute Gasteiger partial charge is 0.349 e. The van der Waals surface area contributed by atoms with Crippen molar-refractivity contribution in [1.29, 1.82) is 0 Å². The van der Waals surface area contributed by atoms with Gasteiger partial charge in [0.25, 0.3) is 0 Å². The Kier molecular flexibility index (Phi) is 7.55. The van der Waals surface area contributed by atoms with E-state index < -0.39 is 10.0 Å². The number of nitrogens with one attached hydrogen (secondary N) is 1. The topological polar surface area (TPSA) is 66.5 Å². The van der Waals surface area contributed by atoms with Gasteiger partial charge < -0.3 is 5.32 Å². The van der Waals surface area contributed by atoms with E-state index in [2.05, 4.69) is 57.3 Å². The summed E-state index contributed by atoms with van der Waals surface area (Å²) in [5.74, 6) is 0.577. The second-order valence-corrected chi connectivity index (χ2v) is 11.0. The van der Waals surface area contributed by atoms with Crippen molar-refractivity contribution in [2.24, 2.45) is 11.8 Å². The predicted molar refractivity (Wildman–Crippen MR) is 124 cm³/mol. The number of carbonyl (C=O) groups excluding carboxylic acids is 1. The summed E-state index contributed by atoms with van der Waals surface area (Å²) in [6.07, 6.45) is 1.07. The Morgan fingerprint density at radius 2 is 1.45 bits per heavy atom. The van der Waals surface area contributed by atoms with Gasteiger partial charge in [0.2, 0.25) is 15.9 Å². The molecule has 1 aliphatic heterocycles. The van der Waals surface area contributed by atoms with E-state index in [0.29, 0.717) is 36.7 Å². The molecule has 6 heteroatoms. The smallest absolute Gasteiger partial charge is 0.243 e. The van der Waals surface area contributed by atoms with Crippen LogP contribution in [0.15, 0.2) is 59.5 Å². The SMILES string of the molecule is CC(C)c1ccc(C(NC(=O)C2CCN(S(=O)(=O)c3ccccc3)CC2)C(C)C)cc1. The van der Waals surface area contributed by atoms with Crippen LogP contribution in [-0.4, -0.2) is 31.7 Å². The highest BCUT2D eigenvalue weighted by molar-refractivity contribution is 7.89. The number of benzene rings is 2. The zero-order chi connectivity index (χ0) is 22.6. The van der Waals surface area contributed by atoms with Crippen LogP contribution >= 0.6 is 0 Å². The first-order valence-electron chi connectivity index (χ1n) is 11.2. The quantitative estimate of drug-likeness (QED) is 0.674. The van der Waals surface area contributed by atoms with Gasteiger partial charge in [0, 0.05) is 19.0 Å². The molecular formula is C25H34N2O3S. The molecule has 1 unspecified atom stereocenters. The monoisotopic (exact) mass is 442 g/mol. The van der Waals surface area contributed by atoms with Crippen molar-refractivity contribution in [1.82, 2.24) is 9.62 Å². The fourth-order valence-electron chi connectivity index (χ4n) is 4.09. The van der Waals surface area contributed by atoms with Crippen molar-refractivity contribution in [3.05, 3.63) is 65.7 Å². The molecule has 2 aromatic carbocycles. The molecule has 0 saturated carbocycles. The molecule has 0 bridgehead atoms. The number of nitrogens with zero attached hydrogens (tertiary/aromatic N) is 1. The summed E-state index contributed by atoms with van der Waals surface area (Å²) < 4.78 is 27.1. The molecule has 1 atom stereocenters. The summed E-state index contributed by atoms with van der Waals surface area (Å²) in [7, 11) is -3.50. The van der Waals surface area contributed by atoms with Crippen LogP contribution in [0.2, 0.25) is 0 Å². The molecule has 0 radical (unpaired) electrons. The number of carbonyl (C=O) groups is 1. The van der Waals surface area contributed by atoms with Crippen molar-refractivity contribution in [2.75, 3.05) is 13.1 Å². The number of hydrogen-bond acceptors (Lipinski definition) is 3. The number of piperidine rings is 1. The average Bonchev–Trinajstić information content (AvgIpc) is 2.78. The molecule has 0 aliphatic carbocycles. The van der Waals surface area contributed by atoms with Gasteiger partial charge in [-0.3, -0.25) is 4.79 Å². The van der Waals surface area contributed by atoms with Gasteiger partial charge in [0.15, 0.2) is 0 Å². The summed E-state index contributed by atoms with van der Waals surface area (Å²) in [5, 5.41) is 3.23. The van der Waals surface area contributed by atoms with Gasteiger partial charge in [0.1, 0.15) is 0 Å². The lowest BCUT2D eigenvalue weighted by molar-refractivity contribution is -0.127. The van der Waals surface area contributed by atoms with Crippen molar-refractivity contribution in [3.63, 3.8) is 0 Å². The lowest BCUT2D eigenvalue weighted by Crippen LogP contribution is -2.44. The summed E-state index contributed by atoms with van der Waals surface area (Å²) in [5.41, 5.74) is 2.39. The second kappa shape index (κ2) is 9.96. The Labute approximate surface area is 186 Å². The van der Waals surface area contributed by atoms with Gasteiger partial charge in [-0.2, -0.15) is 4.31 Å². The molecule has 3 rings (SSSR count). The molecule has 2 aromatic rings. The Hall–Kier alpha value is -2.18. The van der Waals surface area contributed by atoms with E-state index in [1.807, 2.05) is 0 Å². The van der Waals surface area contributed by atoms with Crippen molar-refractivity contribution < 1.29 is 13.2 Å². The van der Waals surface area contributed by atoms with E-state index in [9.17, 15) is 13.2 Å². The Bertz CT molecular complexity index is 962. The highest BCUT2D eigenvalue weighted by Crippen LogP contribution is 2.27. The third kappa shape index (κ3) is 5.55. The first-order valence-corrected chi connectivity index (χ1v) is 12.6. The van der Waals surface area contributed by atoms with Crippen LogP contribution in [0.3, 0.4) is 0 Å². The third-order valence-electron chi connectivity index (χ3n) is 6.13. The van der Waals surface area contributed by atoms with E-state index in [1.54, 1.807) is 30.3 Å². The molecule has 1 saturated heterocycles. The fraction of sp³-hybridized carbons (Fsp3) is 0.480. The summed E-state index contributed by atoms with van der Waals surface area (Å²) in [4.78, 5) is 13.3. The average molecular weight is 443 g/mol. The van der Waals surface area contributed by atoms with Crippen LogP contribution in [0.25, 0.3) is 0 Å². The summed E-state index contributed by atoms with van der Waals surface area (Å²) in [6.45, 7) is 9.28. The Balaban J connectivity index is 1.63. The predicted octanol–water partition coefficient (Wildman–Crippen LogP) is 4.72. The molecule has 1 N–H and O–H groups in total. The number of rotatable bonds is 7. The van der Waals surface area contributed by atoms with E-state index >= 15 is 0 Å². The molecule has 5 nitrogen and oxygen atoms in total. The molecular weight excluding hydrogens is 408 g/mol. The van der Waals surface area contributed by atoms with Gasteiger partial charge in [-0.1, -0.05) is 70.2 Å². The number of sulfonamides is 1. The molecule has 1 fully saturated rings. The Morgan fingerprint density at radius 3 is 1.97 bits per heavy atom. The lowest BCUT2D eigenvalue weighted by atomic mass is 9.91. The van der Waals surface area contributed by atoms with Crippen LogP contribution in [0.5, 0.6) is 0 Å². The zero-order valence-electron chi connectivity index (χ0n) is 18.9. The van der Waals surface area contributed by atoms with Gasteiger partial charge in [-0.05, 0) is 47.9 Å². The first-order chi connectivity index (χ1) is 14.7. The second-order valence-electron chi connectivity index (χ2n) is 9.04. The molecule has 0 spiro atoms. The highest BCUT2D eigenvalue weighted by Gasteiger charge is 2.33. The van der Waals surface area contributed by atoms with Gasteiger partial charge >= 0.3 is 0 Å². The zero-order valence-corrected chi connectivity index (χ0v) is 19.7. The minimum atomic E-state index is -3.50. The fourth-order valence-corrected chi connectivity index (χ4v) is 5.58. The van der Waals surface area contributed by atoms with Crippen LogP contribution in [0, 0.1) is 11.8 Å². The van der Waals surface area contributed by atoms with Crippen molar-refractivity contribution in [2.45, 2.75) is 57.4 Å². The van der Waals surface area contributed by atoms with Gasteiger partial charge in [-0.15, -0.1) is 0 Å². The van der Waals surface area contributed by atoms with Crippen LogP contribution < -0.4 is 5.32 Å². The minimum absolute atomic E-state index is 0.0170. The molecule has 1 heterocycles. The van der Waals surface area contributed by atoms with Gasteiger partial charge in [-0.25, -0.2) is 8.42 Å². The number of amides is 1. The highest BCUT2D eigenvalue weighted by atomic mass is 32.2. The van der Waals surface area contributed by atoms with Crippen molar-refractivity contribution >= 4 is 15.9 Å². The molecule has 168 valence electrons. The molecule has 1 aliphatic rings. The summed E-state index contributed by atoms with van der Waals surface area (Å²) >= 11 is 0. The van der Waals surface area contributed by atoms with E-state index in [1.165, 1.54) is 9.87 Å². The normalized spacial score (nSPS) is 17.1.